The van der Waals surface area contributed by atoms with E-state index in [0.29, 0.717) is 4.88 Å². The van der Waals surface area contributed by atoms with E-state index in [9.17, 15) is 4.79 Å². The number of benzene rings is 2. The van der Waals surface area contributed by atoms with Gasteiger partial charge in [-0.15, -0.1) is 11.3 Å². The number of para-hydroxylation sites is 1. The number of ether oxygens (including phenoxy) is 1. The highest BCUT2D eigenvalue weighted by molar-refractivity contribution is 7.17. The van der Waals surface area contributed by atoms with E-state index in [1.165, 1.54) is 11.3 Å². The Hall–Kier alpha value is -2.70. The summed E-state index contributed by atoms with van der Waals surface area (Å²) in [7, 11) is 0. The van der Waals surface area contributed by atoms with Crippen molar-refractivity contribution < 1.29 is 9.53 Å². The predicted molar refractivity (Wildman–Crippen MR) is 108 cm³/mol. The number of nitrogens with zero attached hydrogens (tertiary/aromatic N) is 1. The molecule has 1 aromatic heterocycles. The molecule has 0 bridgehead atoms. The van der Waals surface area contributed by atoms with Crippen LogP contribution in [0.15, 0.2) is 60.8 Å². The van der Waals surface area contributed by atoms with E-state index in [-0.39, 0.29) is 12.0 Å². The third kappa shape index (κ3) is 4.53. The van der Waals surface area contributed by atoms with Gasteiger partial charge in [-0.25, -0.2) is 4.98 Å². The monoisotopic (exact) mass is 379 g/mol. The first-order valence-electron chi connectivity index (χ1n) is 9.08. The zero-order valence-corrected chi connectivity index (χ0v) is 15.7. The van der Waals surface area contributed by atoms with Crippen molar-refractivity contribution in [1.29, 1.82) is 0 Å². The molecule has 0 radical (unpaired) electrons. The van der Waals surface area contributed by atoms with Crippen molar-refractivity contribution in [1.82, 2.24) is 10.3 Å². The number of carbonyl (C=O) groups excluding carboxylic acids is 1. The number of hydrogen-bond donors (Lipinski definition) is 2. The molecule has 0 aliphatic carbocycles. The lowest BCUT2D eigenvalue weighted by Crippen LogP contribution is -2.34. The number of rotatable bonds is 5. The molecule has 1 amide bonds. The van der Waals surface area contributed by atoms with Crippen LogP contribution in [-0.2, 0) is 0 Å². The summed E-state index contributed by atoms with van der Waals surface area (Å²) in [6, 6.07) is 17.4. The van der Waals surface area contributed by atoms with Crippen LogP contribution in [0.1, 0.15) is 22.5 Å². The average Bonchev–Trinajstić information content (AvgIpc) is 3.20. The van der Waals surface area contributed by atoms with Crippen LogP contribution >= 0.6 is 11.3 Å². The zero-order valence-electron chi connectivity index (χ0n) is 14.9. The van der Waals surface area contributed by atoms with Crippen molar-refractivity contribution in [3.8, 4) is 16.3 Å². The van der Waals surface area contributed by atoms with E-state index in [1.54, 1.807) is 6.20 Å². The van der Waals surface area contributed by atoms with Crippen molar-refractivity contribution in [3.05, 3.63) is 65.7 Å². The van der Waals surface area contributed by atoms with Crippen molar-refractivity contribution in [2.45, 2.75) is 18.9 Å². The van der Waals surface area contributed by atoms with E-state index in [2.05, 4.69) is 15.6 Å². The number of amides is 1. The maximum absolute atomic E-state index is 12.4. The maximum Gasteiger partial charge on any atom is 0.267 e. The second-order valence-electron chi connectivity index (χ2n) is 6.44. The molecule has 6 heteroatoms. The number of thiazole rings is 1. The molecule has 4 rings (SSSR count). The molecule has 138 valence electrons. The fourth-order valence-corrected chi connectivity index (χ4v) is 3.84. The predicted octanol–water partition coefficient (Wildman–Crippen LogP) is 4.19. The molecule has 3 aromatic rings. The van der Waals surface area contributed by atoms with E-state index >= 15 is 0 Å². The molecule has 1 saturated heterocycles. The standard InChI is InChI=1S/C21H21N3O2S/c25-20(24-16-6-2-1-3-7-16)19-14-23-21(27-19)15-5-4-8-18(13-15)26-17-9-11-22-12-10-17/h1-8,13-14,17,22H,9-12H2,(H,24,25). The Bertz CT molecular complexity index is 905. The van der Waals surface area contributed by atoms with Gasteiger partial charge in [0.2, 0.25) is 0 Å². The lowest BCUT2D eigenvalue weighted by Gasteiger charge is -2.23. The number of carbonyl (C=O) groups is 1. The molecule has 1 fully saturated rings. The Kier molecular flexibility index (Phi) is 5.46. The van der Waals surface area contributed by atoms with E-state index < -0.39 is 0 Å². The molecular weight excluding hydrogens is 358 g/mol. The van der Waals surface area contributed by atoms with Gasteiger partial charge in [-0.1, -0.05) is 30.3 Å². The fourth-order valence-electron chi connectivity index (χ4n) is 3.03. The SMILES string of the molecule is O=C(Nc1ccccc1)c1cnc(-c2cccc(OC3CCNCC3)c2)s1. The minimum absolute atomic E-state index is 0.146. The fraction of sp³-hybridized carbons (Fsp3) is 0.238. The summed E-state index contributed by atoms with van der Waals surface area (Å²) < 4.78 is 6.11. The summed E-state index contributed by atoms with van der Waals surface area (Å²) in [4.78, 5) is 17.4. The lowest BCUT2D eigenvalue weighted by atomic mass is 10.1. The minimum atomic E-state index is -0.146. The summed E-state index contributed by atoms with van der Waals surface area (Å²) in [5.74, 6) is 0.706. The molecular formula is C21H21N3O2S. The van der Waals surface area contributed by atoms with Crippen LogP contribution in [0.25, 0.3) is 10.6 Å². The Morgan fingerprint density at radius 2 is 1.93 bits per heavy atom. The van der Waals surface area contributed by atoms with Gasteiger partial charge in [-0.05, 0) is 50.2 Å². The van der Waals surface area contributed by atoms with Crippen LogP contribution in [0.3, 0.4) is 0 Å². The molecule has 1 aliphatic heterocycles. The Balaban J connectivity index is 1.46. The van der Waals surface area contributed by atoms with Gasteiger partial charge in [-0.2, -0.15) is 0 Å². The van der Waals surface area contributed by atoms with Crippen LogP contribution < -0.4 is 15.4 Å². The average molecular weight is 379 g/mol. The highest BCUT2D eigenvalue weighted by atomic mass is 32.1. The second-order valence-corrected chi connectivity index (χ2v) is 7.48. The summed E-state index contributed by atoms with van der Waals surface area (Å²) in [5, 5.41) is 7.04. The maximum atomic E-state index is 12.4. The molecule has 0 atom stereocenters. The topological polar surface area (TPSA) is 63.2 Å². The van der Waals surface area contributed by atoms with E-state index in [1.807, 2.05) is 54.6 Å². The van der Waals surface area contributed by atoms with Crippen LogP contribution in [0.5, 0.6) is 5.75 Å². The first kappa shape index (κ1) is 17.7. The van der Waals surface area contributed by atoms with Gasteiger partial charge in [0.25, 0.3) is 5.91 Å². The highest BCUT2D eigenvalue weighted by Crippen LogP contribution is 2.29. The summed E-state index contributed by atoms with van der Waals surface area (Å²) in [6.07, 6.45) is 3.92. The van der Waals surface area contributed by atoms with Gasteiger partial charge in [0, 0.05) is 11.3 Å². The Morgan fingerprint density at radius 1 is 1.11 bits per heavy atom. The van der Waals surface area contributed by atoms with Gasteiger partial charge in [0.15, 0.2) is 0 Å². The number of nitrogens with one attached hydrogen (secondary N) is 2. The van der Waals surface area contributed by atoms with Crippen LogP contribution in [-0.4, -0.2) is 30.1 Å². The third-order valence-electron chi connectivity index (χ3n) is 4.43. The molecule has 0 saturated carbocycles. The molecule has 0 unspecified atom stereocenters. The number of aromatic nitrogens is 1. The van der Waals surface area contributed by atoms with Crippen molar-refractivity contribution in [2.24, 2.45) is 0 Å². The first-order chi connectivity index (χ1) is 13.3. The summed E-state index contributed by atoms with van der Waals surface area (Å²) >= 11 is 1.38. The lowest BCUT2D eigenvalue weighted by molar-refractivity contribution is 0.103. The zero-order chi connectivity index (χ0) is 18.5. The van der Waals surface area contributed by atoms with Gasteiger partial charge in [-0.3, -0.25) is 4.79 Å². The number of hydrogen-bond acceptors (Lipinski definition) is 5. The third-order valence-corrected chi connectivity index (χ3v) is 5.48. The Labute approximate surface area is 162 Å². The number of piperidine rings is 1. The minimum Gasteiger partial charge on any atom is -0.490 e. The van der Waals surface area contributed by atoms with Crippen molar-refractivity contribution in [2.75, 3.05) is 18.4 Å². The highest BCUT2D eigenvalue weighted by Gasteiger charge is 2.16. The molecule has 27 heavy (non-hydrogen) atoms. The van der Waals surface area contributed by atoms with Crippen molar-refractivity contribution in [3.63, 3.8) is 0 Å². The van der Waals surface area contributed by atoms with Crippen LogP contribution in [0, 0.1) is 0 Å². The Morgan fingerprint density at radius 3 is 2.74 bits per heavy atom. The molecule has 2 N–H and O–H groups in total. The van der Waals surface area contributed by atoms with E-state index in [0.717, 1.165) is 47.9 Å². The smallest absolute Gasteiger partial charge is 0.267 e. The summed E-state index contributed by atoms with van der Waals surface area (Å²) in [5.41, 5.74) is 1.74. The summed E-state index contributed by atoms with van der Waals surface area (Å²) in [6.45, 7) is 1.99. The molecule has 2 aromatic carbocycles. The normalized spacial score (nSPS) is 14.7. The number of anilines is 1. The van der Waals surface area contributed by atoms with Gasteiger partial charge in [0.1, 0.15) is 21.7 Å². The molecule has 2 heterocycles. The van der Waals surface area contributed by atoms with Gasteiger partial charge in [0.05, 0.1) is 6.20 Å². The largest absolute Gasteiger partial charge is 0.490 e. The second kappa shape index (κ2) is 8.33. The van der Waals surface area contributed by atoms with Crippen LogP contribution in [0.2, 0.25) is 0 Å². The molecule has 5 nitrogen and oxygen atoms in total. The van der Waals surface area contributed by atoms with Crippen molar-refractivity contribution >= 4 is 22.9 Å². The van der Waals surface area contributed by atoms with Crippen LogP contribution in [0.4, 0.5) is 5.69 Å². The van der Waals surface area contributed by atoms with Gasteiger partial charge >= 0.3 is 0 Å². The quantitative estimate of drug-likeness (QED) is 0.698. The van der Waals surface area contributed by atoms with E-state index in [4.69, 9.17) is 4.74 Å². The molecule has 1 aliphatic rings. The first-order valence-corrected chi connectivity index (χ1v) is 9.89. The molecule has 0 spiro atoms. The van der Waals surface area contributed by atoms with Gasteiger partial charge < -0.3 is 15.4 Å².